The van der Waals surface area contributed by atoms with Crippen LogP contribution in [-0.2, 0) is 9.53 Å². The Hall–Kier alpha value is -3.12. The Morgan fingerprint density at radius 3 is 2.34 bits per heavy atom. The molecule has 6 heteroatoms. The fourth-order valence-corrected chi connectivity index (χ4v) is 4.49. The number of fused-ring (bicyclic) bond motifs is 1. The molecule has 1 aromatic heterocycles. The first-order valence-corrected chi connectivity index (χ1v) is 11.3. The summed E-state index contributed by atoms with van der Waals surface area (Å²) in [6.07, 6.45) is 3.27. The normalized spacial score (nSPS) is 19.3. The molecule has 4 rings (SSSR count). The van der Waals surface area contributed by atoms with Crippen LogP contribution < -0.4 is 15.5 Å². The highest BCUT2D eigenvalue weighted by atomic mass is 16.5. The number of aromatic nitrogens is 1. The van der Waals surface area contributed by atoms with Crippen LogP contribution in [0, 0.1) is 0 Å². The van der Waals surface area contributed by atoms with Gasteiger partial charge in [-0.25, -0.2) is 4.98 Å². The number of nitrogens with zero attached hydrogens (tertiary/aromatic N) is 2. The van der Waals surface area contributed by atoms with Gasteiger partial charge >= 0.3 is 0 Å². The van der Waals surface area contributed by atoms with E-state index in [2.05, 4.69) is 47.8 Å². The highest BCUT2D eigenvalue weighted by molar-refractivity contribution is 5.93. The molecule has 1 aliphatic rings. The van der Waals surface area contributed by atoms with Gasteiger partial charge in [0.2, 0.25) is 0 Å². The zero-order chi connectivity index (χ0) is 22.5. The molecule has 0 bridgehead atoms. The third kappa shape index (κ3) is 5.02. The van der Waals surface area contributed by atoms with Crippen molar-refractivity contribution in [3.05, 3.63) is 66.2 Å². The molecule has 0 radical (unpaired) electrons. The van der Waals surface area contributed by atoms with Gasteiger partial charge in [-0.3, -0.25) is 4.79 Å². The number of carbonyl (C=O) groups is 1. The van der Waals surface area contributed by atoms with E-state index in [4.69, 9.17) is 9.72 Å². The van der Waals surface area contributed by atoms with Gasteiger partial charge in [-0.1, -0.05) is 48.5 Å². The number of hydrogen-bond acceptors (Lipinski definition) is 5. The van der Waals surface area contributed by atoms with Crippen molar-refractivity contribution in [1.29, 1.82) is 0 Å². The lowest BCUT2D eigenvalue weighted by Gasteiger charge is -2.31. The monoisotopic (exact) mass is 432 g/mol. The Bertz CT molecular complexity index is 1050. The molecule has 0 saturated heterocycles. The van der Waals surface area contributed by atoms with E-state index in [1.54, 1.807) is 7.11 Å². The number of nitrogens with one attached hydrogen (secondary N) is 2. The zero-order valence-corrected chi connectivity index (χ0v) is 19.0. The van der Waals surface area contributed by atoms with Crippen LogP contribution in [0.15, 0.2) is 60.7 Å². The highest BCUT2D eigenvalue weighted by Gasteiger charge is 2.26. The summed E-state index contributed by atoms with van der Waals surface area (Å²) in [5, 5.41) is 7.97. The summed E-state index contributed by atoms with van der Waals surface area (Å²) in [6, 6.07) is 20.5. The first-order valence-electron chi connectivity index (χ1n) is 11.3. The van der Waals surface area contributed by atoms with Crippen molar-refractivity contribution in [1.82, 2.24) is 10.3 Å². The van der Waals surface area contributed by atoms with Crippen LogP contribution in [0.5, 0.6) is 0 Å². The van der Waals surface area contributed by atoms with Crippen LogP contribution in [0.4, 0.5) is 11.5 Å². The van der Waals surface area contributed by atoms with E-state index in [0.717, 1.165) is 53.7 Å². The minimum absolute atomic E-state index is 0.0677. The van der Waals surface area contributed by atoms with E-state index in [1.165, 1.54) is 0 Å². The van der Waals surface area contributed by atoms with Gasteiger partial charge in [-0.05, 0) is 37.3 Å². The molecule has 0 aliphatic heterocycles. The molecule has 2 N–H and O–H groups in total. The summed E-state index contributed by atoms with van der Waals surface area (Å²) in [4.78, 5) is 19.7. The fourth-order valence-electron chi connectivity index (χ4n) is 4.49. The van der Waals surface area contributed by atoms with Crippen molar-refractivity contribution in [3.63, 3.8) is 0 Å². The molecule has 2 aromatic carbocycles. The van der Waals surface area contributed by atoms with E-state index < -0.39 is 6.10 Å². The standard InChI is InChI=1S/C26H32N4O2/c1-30(2)23-17-24(29-22-12-8-7-11-21(22)23)27-19-13-15-20(16-14-19)28-26(31)25(32-3)18-9-5-4-6-10-18/h4-12,17,19-20,25H,13-16H2,1-3H3,(H,27,29)(H,28,31). The Labute approximate surface area is 190 Å². The summed E-state index contributed by atoms with van der Waals surface area (Å²) in [6.45, 7) is 0. The lowest BCUT2D eigenvalue weighted by atomic mass is 9.91. The van der Waals surface area contributed by atoms with Gasteiger partial charge in [0.05, 0.1) is 5.52 Å². The molecule has 32 heavy (non-hydrogen) atoms. The van der Waals surface area contributed by atoms with E-state index >= 15 is 0 Å². The van der Waals surface area contributed by atoms with Gasteiger partial charge in [0, 0.05) is 50.4 Å². The number of methoxy groups -OCH3 is 1. The Balaban J connectivity index is 1.36. The van der Waals surface area contributed by atoms with Crippen molar-refractivity contribution in [2.45, 2.75) is 43.9 Å². The number of anilines is 2. The molecule has 3 aromatic rings. The maximum atomic E-state index is 12.8. The average molecular weight is 433 g/mol. The van der Waals surface area contributed by atoms with Crippen molar-refractivity contribution in [2.24, 2.45) is 0 Å². The predicted molar refractivity (Wildman–Crippen MR) is 130 cm³/mol. The maximum absolute atomic E-state index is 12.8. The predicted octanol–water partition coefficient (Wildman–Crippen LogP) is 4.53. The summed E-state index contributed by atoms with van der Waals surface area (Å²) in [7, 11) is 5.70. The quantitative estimate of drug-likeness (QED) is 0.574. The largest absolute Gasteiger partial charge is 0.377 e. The van der Waals surface area contributed by atoms with E-state index in [-0.39, 0.29) is 11.9 Å². The van der Waals surface area contributed by atoms with Gasteiger partial charge < -0.3 is 20.3 Å². The van der Waals surface area contributed by atoms with Crippen LogP contribution in [0.25, 0.3) is 10.9 Å². The van der Waals surface area contributed by atoms with Crippen molar-refractivity contribution in [2.75, 3.05) is 31.4 Å². The summed E-state index contributed by atoms with van der Waals surface area (Å²) in [5.41, 5.74) is 3.03. The van der Waals surface area contributed by atoms with Crippen LogP contribution >= 0.6 is 0 Å². The fraction of sp³-hybridized carbons (Fsp3) is 0.385. The Morgan fingerprint density at radius 2 is 1.66 bits per heavy atom. The molecule has 1 heterocycles. The first kappa shape index (κ1) is 22.1. The van der Waals surface area contributed by atoms with Crippen molar-refractivity contribution >= 4 is 28.3 Å². The second kappa shape index (κ2) is 10.0. The topological polar surface area (TPSA) is 66.5 Å². The smallest absolute Gasteiger partial charge is 0.253 e. The molecule has 1 unspecified atom stereocenters. The number of amides is 1. The Kier molecular flexibility index (Phi) is 6.90. The SMILES string of the molecule is COC(C(=O)NC1CCC(Nc2cc(N(C)C)c3ccccc3n2)CC1)c1ccccc1. The minimum atomic E-state index is -0.571. The van der Waals surface area contributed by atoms with Crippen LogP contribution in [-0.4, -0.2) is 44.2 Å². The minimum Gasteiger partial charge on any atom is -0.377 e. The number of pyridine rings is 1. The number of ether oxygens (including phenoxy) is 1. The van der Waals surface area contributed by atoms with Gasteiger partial charge in [0.25, 0.3) is 5.91 Å². The number of benzene rings is 2. The zero-order valence-electron chi connectivity index (χ0n) is 19.0. The first-order chi connectivity index (χ1) is 15.5. The number of carbonyl (C=O) groups excluding carboxylic acids is 1. The van der Waals surface area contributed by atoms with Crippen molar-refractivity contribution in [3.8, 4) is 0 Å². The van der Waals surface area contributed by atoms with Gasteiger partial charge in [0.1, 0.15) is 5.82 Å². The molecule has 6 nitrogen and oxygen atoms in total. The molecule has 1 saturated carbocycles. The van der Waals surface area contributed by atoms with Gasteiger partial charge in [-0.2, -0.15) is 0 Å². The van der Waals surface area contributed by atoms with Crippen molar-refractivity contribution < 1.29 is 9.53 Å². The lowest BCUT2D eigenvalue weighted by Crippen LogP contribution is -2.42. The second-order valence-electron chi connectivity index (χ2n) is 8.67. The Morgan fingerprint density at radius 1 is 1.00 bits per heavy atom. The summed E-state index contributed by atoms with van der Waals surface area (Å²) in [5.74, 6) is 0.838. The molecule has 0 spiro atoms. The molecule has 1 atom stereocenters. The second-order valence-corrected chi connectivity index (χ2v) is 8.67. The molecule has 1 fully saturated rings. The molecule has 168 valence electrons. The number of para-hydroxylation sites is 1. The average Bonchev–Trinajstić information content (AvgIpc) is 2.81. The third-order valence-corrected chi connectivity index (χ3v) is 6.18. The van der Waals surface area contributed by atoms with E-state index in [9.17, 15) is 4.79 Å². The van der Waals surface area contributed by atoms with Crippen LogP contribution in [0.3, 0.4) is 0 Å². The number of rotatable bonds is 7. The van der Waals surface area contributed by atoms with E-state index in [1.807, 2.05) is 42.5 Å². The molecule has 1 amide bonds. The van der Waals surface area contributed by atoms with Gasteiger partial charge in [-0.15, -0.1) is 0 Å². The maximum Gasteiger partial charge on any atom is 0.253 e. The summed E-state index contributed by atoms with van der Waals surface area (Å²) < 4.78 is 5.47. The number of hydrogen-bond donors (Lipinski definition) is 2. The van der Waals surface area contributed by atoms with Crippen LogP contribution in [0.2, 0.25) is 0 Å². The highest BCUT2D eigenvalue weighted by Crippen LogP contribution is 2.29. The summed E-state index contributed by atoms with van der Waals surface area (Å²) >= 11 is 0. The molecular formula is C26H32N4O2. The molecule has 1 aliphatic carbocycles. The third-order valence-electron chi connectivity index (χ3n) is 6.18. The lowest BCUT2D eigenvalue weighted by molar-refractivity contribution is -0.132. The molecular weight excluding hydrogens is 400 g/mol. The van der Waals surface area contributed by atoms with E-state index in [0.29, 0.717) is 6.04 Å². The van der Waals surface area contributed by atoms with Crippen LogP contribution in [0.1, 0.15) is 37.4 Å². The van der Waals surface area contributed by atoms with Gasteiger partial charge in [0.15, 0.2) is 6.10 Å².